The number of hydrogen-bond acceptors (Lipinski definition) is 2. The van der Waals surface area contributed by atoms with E-state index in [1.54, 1.807) is 0 Å². The molecule has 0 spiro atoms. The minimum Gasteiger partial charge on any atom is -0.356 e. The summed E-state index contributed by atoms with van der Waals surface area (Å²) in [6.07, 6.45) is 30.9. The van der Waals surface area contributed by atoms with Crippen LogP contribution in [0.25, 0.3) is 0 Å². The van der Waals surface area contributed by atoms with Crippen LogP contribution in [-0.4, -0.2) is 29.1 Å². The number of nitrogens with zero attached hydrogens (tertiary/aromatic N) is 2. The van der Waals surface area contributed by atoms with E-state index in [-0.39, 0.29) is 0 Å². The molecule has 0 aromatic heterocycles. The van der Waals surface area contributed by atoms with Crippen molar-refractivity contribution in [2.75, 3.05) is 13.1 Å². The fourth-order valence-electron chi connectivity index (χ4n) is 4.93. The lowest BCUT2D eigenvalue weighted by molar-refractivity contribution is 0.104. The summed E-state index contributed by atoms with van der Waals surface area (Å²) in [5, 5.41) is 0. The second kappa shape index (κ2) is 19.1. The number of rotatable bonds is 21. The van der Waals surface area contributed by atoms with Crippen molar-refractivity contribution in [3.63, 3.8) is 0 Å². The zero-order valence-corrected chi connectivity index (χ0v) is 21.3. The Morgan fingerprint density at radius 3 is 1.10 bits per heavy atom. The first-order valence-electron chi connectivity index (χ1n) is 13.9. The van der Waals surface area contributed by atoms with Crippen LogP contribution in [0.3, 0.4) is 0 Å². The van der Waals surface area contributed by atoms with Crippen LogP contribution in [0, 0.1) is 5.92 Å². The van der Waals surface area contributed by atoms with E-state index in [1.807, 2.05) is 0 Å². The molecule has 0 radical (unpaired) electrons. The summed E-state index contributed by atoms with van der Waals surface area (Å²) >= 11 is 0. The van der Waals surface area contributed by atoms with Gasteiger partial charge in [0.25, 0.3) is 0 Å². The minimum atomic E-state index is 0.591. The van der Waals surface area contributed by atoms with Gasteiger partial charge in [0.1, 0.15) is 6.17 Å². The summed E-state index contributed by atoms with van der Waals surface area (Å²) < 4.78 is 0. The Morgan fingerprint density at radius 1 is 0.500 bits per heavy atom. The number of hydrogen-bond donors (Lipinski definition) is 0. The first kappa shape index (κ1) is 27.4. The lowest BCUT2D eigenvalue weighted by atomic mass is 10.1. The molecule has 2 heteroatoms. The molecule has 0 bridgehead atoms. The van der Waals surface area contributed by atoms with E-state index in [0.29, 0.717) is 12.1 Å². The smallest absolute Gasteiger partial charge is 0.103 e. The summed E-state index contributed by atoms with van der Waals surface area (Å²) in [6.45, 7) is 11.9. The maximum absolute atomic E-state index is 2.62. The van der Waals surface area contributed by atoms with Crippen molar-refractivity contribution in [3.05, 3.63) is 12.4 Å². The summed E-state index contributed by atoms with van der Waals surface area (Å²) in [4.78, 5) is 5.24. The van der Waals surface area contributed by atoms with E-state index in [4.69, 9.17) is 0 Å². The van der Waals surface area contributed by atoms with E-state index in [1.165, 1.54) is 129 Å². The van der Waals surface area contributed by atoms with Crippen molar-refractivity contribution >= 4 is 0 Å². The molecule has 1 aliphatic rings. The molecule has 0 saturated heterocycles. The molecule has 2 nitrogen and oxygen atoms in total. The third kappa shape index (κ3) is 12.9. The van der Waals surface area contributed by atoms with Gasteiger partial charge in [-0.3, -0.25) is 0 Å². The van der Waals surface area contributed by atoms with Crippen molar-refractivity contribution in [1.29, 1.82) is 0 Å². The molecule has 0 N–H and O–H groups in total. The van der Waals surface area contributed by atoms with Crippen LogP contribution in [0.15, 0.2) is 12.4 Å². The highest BCUT2D eigenvalue weighted by molar-refractivity contribution is 4.98. The highest BCUT2D eigenvalue weighted by Crippen LogP contribution is 2.24. The van der Waals surface area contributed by atoms with Crippen LogP contribution in [0.5, 0.6) is 0 Å². The summed E-state index contributed by atoms with van der Waals surface area (Å²) in [5.74, 6) is 0.692. The van der Waals surface area contributed by atoms with Gasteiger partial charge in [-0.05, 0) is 18.8 Å². The van der Waals surface area contributed by atoms with Gasteiger partial charge in [0.2, 0.25) is 0 Å². The lowest BCUT2D eigenvalue weighted by Gasteiger charge is -2.36. The van der Waals surface area contributed by atoms with Crippen LogP contribution < -0.4 is 0 Å². The molecule has 30 heavy (non-hydrogen) atoms. The molecule has 1 unspecified atom stereocenters. The first-order valence-corrected chi connectivity index (χ1v) is 13.9. The summed E-state index contributed by atoms with van der Waals surface area (Å²) in [6, 6.07) is 0. The zero-order chi connectivity index (χ0) is 21.9. The van der Waals surface area contributed by atoms with Gasteiger partial charge in [-0.1, -0.05) is 130 Å². The molecule has 1 rings (SSSR count). The quantitative estimate of drug-likeness (QED) is 0.171. The average molecular weight is 421 g/mol. The van der Waals surface area contributed by atoms with Gasteiger partial charge < -0.3 is 9.80 Å². The van der Waals surface area contributed by atoms with Crippen LogP contribution in [0.1, 0.15) is 143 Å². The number of unbranched alkanes of at least 4 members (excludes halogenated alkanes) is 16. The molecule has 0 amide bonds. The summed E-state index contributed by atoms with van der Waals surface area (Å²) in [7, 11) is 0. The van der Waals surface area contributed by atoms with Gasteiger partial charge in [-0.25, -0.2) is 0 Å². The Balaban J connectivity index is 2.07. The largest absolute Gasteiger partial charge is 0.356 e. The molecular formula is C28H56N2. The fourth-order valence-corrected chi connectivity index (χ4v) is 4.93. The molecule has 0 aromatic rings. The lowest BCUT2D eigenvalue weighted by Crippen LogP contribution is -2.43. The second-order valence-electron chi connectivity index (χ2n) is 10.1. The molecule has 0 saturated carbocycles. The maximum atomic E-state index is 2.62. The van der Waals surface area contributed by atoms with E-state index >= 15 is 0 Å². The van der Waals surface area contributed by atoms with Gasteiger partial charge in [0.15, 0.2) is 0 Å². The Kier molecular flexibility index (Phi) is 17.4. The van der Waals surface area contributed by atoms with Gasteiger partial charge in [-0.15, -0.1) is 0 Å². The average Bonchev–Trinajstić information content (AvgIpc) is 3.14. The van der Waals surface area contributed by atoms with Crippen molar-refractivity contribution in [1.82, 2.24) is 9.80 Å². The van der Waals surface area contributed by atoms with Crippen LogP contribution >= 0.6 is 0 Å². The minimum absolute atomic E-state index is 0.591. The standard InChI is InChI=1S/C28H56N2/c1-5-7-9-11-13-14-15-16-18-20-22-24-30-26-25-29(28(30)27(3)4)23-21-19-17-12-10-8-6-2/h25-28H,5-24H2,1-4H3. The van der Waals surface area contributed by atoms with Crippen LogP contribution in [-0.2, 0) is 0 Å². The molecule has 178 valence electrons. The monoisotopic (exact) mass is 420 g/mol. The predicted octanol–water partition coefficient (Wildman–Crippen LogP) is 9.12. The Labute approximate surface area is 190 Å². The SMILES string of the molecule is CCCCCCCCCCCCCN1C=CN(CCCCCCCCC)C1C(C)C. The van der Waals surface area contributed by atoms with Crippen molar-refractivity contribution in [2.45, 2.75) is 149 Å². The molecule has 0 aromatic carbocycles. The van der Waals surface area contributed by atoms with Gasteiger partial charge in [0.05, 0.1) is 0 Å². The fraction of sp³-hybridized carbons (Fsp3) is 0.929. The van der Waals surface area contributed by atoms with E-state index in [9.17, 15) is 0 Å². The Bertz CT molecular complexity index is 390. The van der Waals surface area contributed by atoms with Gasteiger partial charge in [0, 0.05) is 25.5 Å². The van der Waals surface area contributed by atoms with Crippen LogP contribution in [0.4, 0.5) is 0 Å². The third-order valence-electron chi connectivity index (χ3n) is 6.77. The summed E-state index contributed by atoms with van der Waals surface area (Å²) in [5.41, 5.74) is 0. The molecule has 0 aliphatic carbocycles. The van der Waals surface area contributed by atoms with Crippen LogP contribution in [0.2, 0.25) is 0 Å². The van der Waals surface area contributed by atoms with Crippen molar-refractivity contribution < 1.29 is 0 Å². The topological polar surface area (TPSA) is 6.48 Å². The predicted molar refractivity (Wildman–Crippen MR) is 136 cm³/mol. The highest BCUT2D eigenvalue weighted by atomic mass is 15.4. The van der Waals surface area contributed by atoms with Crippen molar-refractivity contribution in [3.8, 4) is 0 Å². The van der Waals surface area contributed by atoms with Gasteiger partial charge in [-0.2, -0.15) is 0 Å². The molecule has 1 atom stereocenters. The van der Waals surface area contributed by atoms with E-state index in [2.05, 4.69) is 49.9 Å². The van der Waals surface area contributed by atoms with E-state index < -0.39 is 0 Å². The molecular weight excluding hydrogens is 364 g/mol. The normalized spacial score (nSPS) is 16.4. The molecule has 1 aliphatic heterocycles. The second-order valence-corrected chi connectivity index (χ2v) is 10.1. The van der Waals surface area contributed by atoms with E-state index in [0.717, 1.165) is 0 Å². The van der Waals surface area contributed by atoms with Crippen molar-refractivity contribution in [2.24, 2.45) is 5.92 Å². The Morgan fingerprint density at radius 2 is 0.800 bits per heavy atom. The van der Waals surface area contributed by atoms with Gasteiger partial charge >= 0.3 is 0 Å². The maximum Gasteiger partial charge on any atom is 0.103 e. The highest BCUT2D eigenvalue weighted by Gasteiger charge is 2.28. The molecule has 1 heterocycles. The first-order chi connectivity index (χ1) is 14.7. The zero-order valence-electron chi connectivity index (χ0n) is 21.3. The third-order valence-corrected chi connectivity index (χ3v) is 6.77. The Hall–Kier alpha value is -0.660. The molecule has 0 fully saturated rings.